The van der Waals surface area contributed by atoms with E-state index in [1.165, 1.54) is 24.3 Å². The van der Waals surface area contributed by atoms with Crippen molar-refractivity contribution in [3.8, 4) is 0 Å². The standard InChI is InChI=1S/C22H22ClNO5S/c1-4-29-21(26)22(17(3)15-25,14-13-18-7-5-6-8-20(18)23)24-30(27,28)19-11-9-16(2)10-12-19/h5-15,24H,3-4H2,1-2H3/b14-13+. The summed E-state index contributed by atoms with van der Waals surface area (Å²) in [4.78, 5) is 24.4. The van der Waals surface area contributed by atoms with E-state index in [1.807, 2.05) is 6.92 Å². The highest BCUT2D eigenvalue weighted by Crippen LogP contribution is 2.26. The van der Waals surface area contributed by atoms with Crippen LogP contribution in [-0.2, 0) is 24.3 Å². The number of carbonyl (C=O) groups is 2. The second-order valence-electron chi connectivity index (χ2n) is 6.44. The molecule has 0 bridgehead atoms. The van der Waals surface area contributed by atoms with Gasteiger partial charge < -0.3 is 4.74 Å². The molecule has 158 valence electrons. The van der Waals surface area contributed by atoms with E-state index < -0.39 is 21.5 Å². The van der Waals surface area contributed by atoms with Crippen molar-refractivity contribution in [2.45, 2.75) is 24.3 Å². The number of aryl methyl sites for hydroxylation is 1. The van der Waals surface area contributed by atoms with Crippen LogP contribution in [0.2, 0.25) is 5.02 Å². The molecule has 0 aliphatic carbocycles. The van der Waals surface area contributed by atoms with E-state index in [-0.39, 0.29) is 17.1 Å². The summed E-state index contributed by atoms with van der Waals surface area (Å²) in [7, 11) is -4.22. The average Bonchev–Trinajstić information content (AvgIpc) is 2.72. The molecule has 0 fully saturated rings. The van der Waals surface area contributed by atoms with Crippen LogP contribution in [-0.4, -0.2) is 32.8 Å². The Bertz CT molecular complexity index is 1080. The van der Waals surface area contributed by atoms with Gasteiger partial charge in [0.15, 0.2) is 5.54 Å². The van der Waals surface area contributed by atoms with Gasteiger partial charge in [-0.25, -0.2) is 13.2 Å². The maximum Gasteiger partial charge on any atom is 0.336 e. The third-order valence-electron chi connectivity index (χ3n) is 4.29. The lowest BCUT2D eigenvalue weighted by molar-refractivity contribution is -0.147. The summed E-state index contributed by atoms with van der Waals surface area (Å²) in [5.41, 5.74) is -1.11. The molecule has 2 aromatic carbocycles. The first kappa shape index (κ1) is 23.5. The van der Waals surface area contributed by atoms with Crippen LogP contribution in [0.25, 0.3) is 6.08 Å². The zero-order valence-electron chi connectivity index (χ0n) is 16.6. The van der Waals surface area contributed by atoms with Crippen molar-refractivity contribution in [1.82, 2.24) is 4.72 Å². The number of ether oxygens (including phenoxy) is 1. The summed E-state index contributed by atoms with van der Waals surface area (Å²) >= 11 is 6.15. The predicted molar refractivity (Wildman–Crippen MR) is 117 cm³/mol. The van der Waals surface area contributed by atoms with Gasteiger partial charge in [-0.05, 0) is 43.7 Å². The molecule has 0 radical (unpaired) electrons. The minimum Gasteiger partial charge on any atom is -0.464 e. The second-order valence-corrected chi connectivity index (χ2v) is 8.53. The van der Waals surface area contributed by atoms with E-state index in [0.717, 1.165) is 5.56 Å². The Hall–Kier alpha value is -2.74. The van der Waals surface area contributed by atoms with Gasteiger partial charge in [0.25, 0.3) is 0 Å². The quantitative estimate of drug-likeness (QED) is 0.359. The highest BCUT2D eigenvalue weighted by atomic mass is 35.5. The van der Waals surface area contributed by atoms with Gasteiger partial charge in [0.1, 0.15) is 6.29 Å². The summed E-state index contributed by atoms with van der Waals surface area (Å²) in [5.74, 6) is -0.985. The first-order chi connectivity index (χ1) is 14.2. The normalized spacial score (nSPS) is 13.6. The molecule has 1 N–H and O–H groups in total. The van der Waals surface area contributed by atoms with E-state index >= 15 is 0 Å². The van der Waals surface area contributed by atoms with E-state index in [0.29, 0.717) is 16.9 Å². The minimum atomic E-state index is -4.22. The van der Waals surface area contributed by atoms with Crippen LogP contribution >= 0.6 is 11.6 Å². The van der Waals surface area contributed by atoms with Crippen molar-refractivity contribution in [3.05, 3.63) is 82.9 Å². The van der Waals surface area contributed by atoms with Crippen LogP contribution < -0.4 is 4.72 Å². The molecule has 6 nitrogen and oxygen atoms in total. The molecule has 1 atom stereocenters. The molecule has 0 saturated heterocycles. The zero-order chi connectivity index (χ0) is 22.4. The third kappa shape index (κ3) is 5.24. The Kier molecular flexibility index (Phi) is 7.72. The number of carbonyl (C=O) groups excluding carboxylic acids is 2. The fourth-order valence-electron chi connectivity index (χ4n) is 2.60. The van der Waals surface area contributed by atoms with Crippen LogP contribution in [0.5, 0.6) is 0 Å². The topological polar surface area (TPSA) is 89.5 Å². The Balaban J connectivity index is 2.62. The summed E-state index contributed by atoms with van der Waals surface area (Å²) in [6.07, 6.45) is 2.96. The van der Waals surface area contributed by atoms with Crippen molar-refractivity contribution in [2.75, 3.05) is 6.61 Å². The number of benzene rings is 2. The van der Waals surface area contributed by atoms with Gasteiger partial charge in [0.05, 0.1) is 11.5 Å². The summed E-state index contributed by atoms with van der Waals surface area (Å²) in [6, 6.07) is 12.8. The zero-order valence-corrected chi connectivity index (χ0v) is 18.2. The number of aldehydes is 1. The summed E-state index contributed by atoms with van der Waals surface area (Å²) in [5, 5.41) is 0.379. The molecule has 1 unspecified atom stereocenters. The van der Waals surface area contributed by atoms with E-state index in [4.69, 9.17) is 16.3 Å². The molecule has 2 aromatic rings. The lowest BCUT2D eigenvalue weighted by atomic mass is 9.91. The molecule has 0 aliphatic rings. The van der Waals surface area contributed by atoms with Crippen LogP contribution in [0.1, 0.15) is 18.1 Å². The number of esters is 1. The lowest BCUT2D eigenvalue weighted by Gasteiger charge is -2.29. The fraction of sp³-hybridized carbons (Fsp3) is 0.182. The van der Waals surface area contributed by atoms with Crippen LogP contribution in [0.4, 0.5) is 0 Å². The number of rotatable bonds is 9. The van der Waals surface area contributed by atoms with Crippen molar-refractivity contribution in [1.29, 1.82) is 0 Å². The van der Waals surface area contributed by atoms with Crippen molar-refractivity contribution < 1.29 is 22.7 Å². The molecule has 2 rings (SSSR count). The number of halogens is 1. The van der Waals surface area contributed by atoms with Gasteiger partial charge in [-0.15, -0.1) is 0 Å². The van der Waals surface area contributed by atoms with E-state index in [2.05, 4.69) is 11.3 Å². The monoisotopic (exact) mass is 447 g/mol. The lowest BCUT2D eigenvalue weighted by Crippen LogP contribution is -2.55. The number of hydrogen-bond acceptors (Lipinski definition) is 5. The molecule has 0 amide bonds. The molecule has 0 heterocycles. The molecule has 30 heavy (non-hydrogen) atoms. The fourth-order valence-corrected chi connectivity index (χ4v) is 4.12. The van der Waals surface area contributed by atoms with Gasteiger partial charge in [-0.3, -0.25) is 4.79 Å². The molecule has 8 heteroatoms. The van der Waals surface area contributed by atoms with Gasteiger partial charge in [-0.2, -0.15) is 4.72 Å². The van der Waals surface area contributed by atoms with Gasteiger partial charge in [0.2, 0.25) is 10.0 Å². The van der Waals surface area contributed by atoms with Gasteiger partial charge >= 0.3 is 5.97 Å². The second kappa shape index (κ2) is 9.84. The molecule has 0 spiro atoms. The largest absolute Gasteiger partial charge is 0.464 e. The first-order valence-electron chi connectivity index (χ1n) is 9.02. The Morgan fingerprint density at radius 2 is 1.83 bits per heavy atom. The number of sulfonamides is 1. The maximum atomic E-state index is 13.0. The maximum absolute atomic E-state index is 13.0. The number of hydrogen-bond donors (Lipinski definition) is 1. The van der Waals surface area contributed by atoms with E-state index in [1.54, 1.807) is 43.3 Å². The molecule has 0 aliphatic heterocycles. The highest BCUT2D eigenvalue weighted by molar-refractivity contribution is 7.89. The van der Waals surface area contributed by atoms with E-state index in [9.17, 15) is 18.0 Å². The highest BCUT2D eigenvalue weighted by Gasteiger charge is 2.44. The van der Waals surface area contributed by atoms with Crippen molar-refractivity contribution in [3.63, 3.8) is 0 Å². The molecular weight excluding hydrogens is 426 g/mol. The average molecular weight is 448 g/mol. The first-order valence-corrected chi connectivity index (χ1v) is 10.9. The summed E-state index contributed by atoms with van der Waals surface area (Å²) in [6.45, 7) is 6.95. The van der Waals surface area contributed by atoms with Crippen LogP contribution in [0, 0.1) is 6.92 Å². The molecule has 0 aromatic heterocycles. The van der Waals surface area contributed by atoms with Crippen LogP contribution in [0.15, 0.2) is 71.7 Å². The molecular formula is C22H22ClNO5S. The number of nitrogens with one attached hydrogen (secondary N) is 1. The predicted octanol–water partition coefficient (Wildman–Crippen LogP) is 3.70. The van der Waals surface area contributed by atoms with Crippen molar-refractivity contribution >= 4 is 40.0 Å². The van der Waals surface area contributed by atoms with Gasteiger partial charge in [-0.1, -0.05) is 60.2 Å². The minimum absolute atomic E-state index is 0.0289. The SMILES string of the molecule is C=C(C=O)C(/C=C/c1ccccc1Cl)(NS(=O)(=O)c1ccc(C)cc1)C(=O)OCC. The summed E-state index contributed by atoms with van der Waals surface area (Å²) < 4.78 is 33.4. The molecule has 0 saturated carbocycles. The van der Waals surface area contributed by atoms with Gasteiger partial charge in [0, 0.05) is 10.6 Å². The van der Waals surface area contributed by atoms with Crippen molar-refractivity contribution in [2.24, 2.45) is 0 Å². The van der Waals surface area contributed by atoms with Crippen LogP contribution in [0.3, 0.4) is 0 Å². The smallest absolute Gasteiger partial charge is 0.336 e. The Morgan fingerprint density at radius 3 is 2.40 bits per heavy atom. The Labute approximate surface area is 181 Å². The third-order valence-corrected chi connectivity index (χ3v) is 6.12. The Morgan fingerprint density at radius 1 is 1.20 bits per heavy atom.